The highest BCUT2D eigenvalue weighted by Gasteiger charge is 2.18. The zero-order chi connectivity index (χ0) is 20.1. The maximum Gasteiger partial charge on any atom is 0.228 e. The molecule has 7 heteroatoms. The van der Waals surface area contributed by atoms with Gasteiger partial charge in [0, 0.05) is 22.9 Å². The van der Waals surface area contributed by atoms with Crippen LogP contribution in [0.25, 0.3) is 16.4 Å². The summed E-state index contributed by atoms with van der Waals surface area (Å²) < 4.78 is 7.20. The number of amides is 1. The van der Waals surface area contributed by atoms with E-state index in [0.29, 0.717) is 12.4 Å². The van der Waals surface area contributed by atoms with E-state index in [-0.39, 0.29) is 11.8 Å². The Balaban J connectivity index is 1.84. The number of benzene rings is 1. The average Bonchev–Trinajstić information content (AvgIpc) is 3.30. The van der Waals surface area contributed by atoms with Crippen LogP contribution in [0.4, 0.5) is 5.82 Å². The first kappa shape index (κ1) is 20.1. The maximum atomic E-state index is 12.5. The van der Waals surface area contributed by atoms with Crippen LogP contribution in [0.15, 0.2) is 35.7 Å². The number of carbonyl (C=O) groups is 1. The summed E-state index contributed by atoms with van der Waals surface area (Å²) in [6.45, 7) is 8.57. The summed E-state index contributed by atoms with van der Waals surface area (Å²) in [5.41, 5.74) is 2.71. The van der Waals surface area contributed by atoms with E-state index in [1.807, 2.05) is 63.4 Å². The third-order valence-electron chi connectivity index (χ3n) is 4.57. The molecule has 0 saturated carbocycles. The summed E-state index contributed by atoms with van der Waals surface area (Å²) in [6.07, 6.45) is 1.63. The number of nitrogens with one attached hydrogen (secondary N) is 1. The van der Waals surface area contributed by atoms with Crippen LogP contribution in [-0.2, 0) is 4.79 Å². The Morgan fingerprint density at radius 2 is 1.93 bits per heavy atom. The number of nitrogens with zero attached hydrogens (tertiary/aromatic N) is 3. The first-order valence-electron chi connectivity index (χ1n) is 9.62. The zero-order valence-electron chi connectivity index (χ0n) is 16.7. The van der Waals surface area contributed by atoms with E-state index >= 15 is 0 Å². The Hall–Kier alpha value is -2.67. The highest BCUT2D eigenvalue weighted by atomic mass is 32.1. The summed E-state index contributed by atoms with van der Waals surface area (Å²) in [5.74, 6) is 1.52. The van der Waals surface area contributed by atoms with E-state index in [1.54, 1.807) is 4.68 Å². The molecule has 2 heterocycles. The van der Waals surface area contributed by atoms with Crippen molar-refractivity contribution in [3.8, 4) is 22.1 Å². The molecule has 0 spiro atoms. The second-order valence-corrected chi connectivity index (χ2v) is 7.39. The third-order valence-corrected chi connectivity index (χ3v) is 5.39. The number of aryl methyl sites for hydroxylation is 1. The monoisotopic (exact) mass is 398 g/mol. The van der Waals surface area contributed by atoms with Crippen LogP contribution in [0.5, 0.6) is 5.75 Å². The summed E-state index contributed by atoms with van der Waals surface area (Å²) in [4.78, 5) is 17.2. The largest absolute Gasteiger partial charge is 0.494 e. The Labute approximate surface area is 169 Å². The fourth-order valence-corrected chi connectivity index (χ4v) is 3.80. The second kappa shape index (κ2) is 9.01. The van der Waals surface area contributed by atoms with Crippen molar-refractivity contribution in [1.29, 1.82) is 0 Å². The lowest BCUT2D eigenvalue weighted by Gasteiger charge is -2.12. The lowest BCUT2D eigenvalue weighted by atomic mass is 10.0. The molecule has 1 amide bonds. The van der Waals surface area contributed by atoms with Gasteiger partial charge < -0.3 is 10.1 Å². The van der Waals surface area contributed by atoms with Gasteiger partial charge in [-0.3, -0.25) is 4.79 Å². The Bertz CT molecular complexity index is 926. The third kappa shape index (κ3) is 4.42. The van der Waals surface area contributed by atoms with Crippen LogP contribution in [-0.4, -0.2) is 27.3 Å². The topological polar surface area (TPSA) is 69.0 Å². The van der Waals surface area contributed by atoms with Crippen LogP contribution in [0.1, 0.15) is 39.3 Å². The number of anilines is 1. The van der Waals surface area contributed by atoms with Gasteiger partial charge in [0.1, 0.15) is 11.6 Å². The molecule has 0 radical (unpaired) electrons. The molecule has 3 aromatic rings. The minimum absolute atomic E-state index is 0.000587. The maximum absolute atomic E-state index is 12.5. The predicted molar refractivity (Wildman–Crippen MR) is 113 cm³/mol. The summed E-state index contributed by atoms with van der Waals surface area (Å²) in [7, 11) is 0. The fraction of sp³-hybridized carbons (Fsp3) is 0.381. The van der Waals surface area contributed by atoms with Crippen LogP contribution < -0.4 is 10.1 Å². The summed E-state index contributed by atoms with van der Waals surface area (Å²) in [6, 6.07) is 9.74. The lowest BCUT2D eigenvalue weighted by Crippen LogP contribution is -2.23. The summed E-state index contributed by atoms with van der Waals surface area (Å²) in [5, 5.41) is 10.2. The molecule has 6 nitrogen and oxygen atoms in total. The minimum atomic E-state index is -0.000587. The van der Waals surface area contributed by atoms with E-state index in [0.717, 1.165) is 40.7 Å². The number of aromatic nitrogens is 3. The molecule has 0 aliphatic rings. The van der Waals surface area contributed by atoms with Gasteiger partial charge in [0.25, 0.3) is 0 Å². The number of hydrogen-bond donors (Lipinski definition) is 1. The minimum Gasteiger partial charge on any atom is -0.494 e. The molecule has 0 aliphatic carbocycles. The van der Waals surface area contributed by atoms with Gasteiger partial charge in [-0.25, -0.2) is 4.98 Å². The Morgan fingerprint density at radius 1 is 1.21 bits per heavy atom. The number of thiazole rings is 1. The van der Waals surface area contributed by atoms with Gasteiger partial charge in [0.15, 0.2) is 0 Å². The van der Waals surface area contributed by atoms with Crippen molar-refractivity contribution < 1.29 is 9.53 Å². The second-order valence-electron chi connectivity index (χ2n) is 6.56. The highest BCUT2D eigenvalue weighted by Crippen LogP contribution is 2.28. The van der Waals surface area contributed by atoms with Gasteiger partial charge in [0.2, 0.25) is 11.0 Å². The van der Waals surface area contributed by atoms with E-state index < -0.39 is 0 Å². The molecular weight excluding hydrogens is 372 g/mol. The molecule has 3 rings (SSSR count). The molecule has 0 aliphatic heterocycles. The highest BCUT2D eigenvalue weighted by molar-refractivity contribution is 7.12. The normalized spacial score (nSPS) is 11.0. The van der Waals surface area contributed by atoms with Crippen LogP contribution >= 0.6 is 11.3 Å². The van der Waals surface area contributed by atoms with Crippen molar-refractivity contribution in [2.75, 3.05) is 11.9 Å². The van der Waals surface area contributed by atoms with E-state index in [1.165, 1.54) is 11.3 Å². The van der Waals surface area contributed by atoms with Crippen molar-refractivity contribution in [3.63, 3.8) is 0 Å². The molecule has 0 unspecified atom stereocenters. The number of carbonyl (C=O) groups excluding carboxylic acids is 1. The molecule has 28 heavy (non-hydrogen) atoms. The van der Waals surface area contributed by atoms with Crippen LogP contribution in [0.2, 0.25) is 0 Å². The van der Waals surface area contributed by atoms with Gasteiger partial charge in [0.05, 0.1) is 18.0 Å². The van der Waals surface area contributed by atoms with Crippen LogP contribution in [0, 0.1) is 12.8 Å². The van der Waals surface area contributed by atoms with Gasteiger partial charge in [-0.05, 0) is 51.0 Å². The van der Waals surface area contributed by atoms with Gasteiger partial charge in [-0.15, -0.1) is 11.3 Å². The predicted octanol–water partition coefficient (Wildman–Crippen LogP) is 5.08. The lowest BCUT2D eigenvalue weighted by molar-refractivity contribution is -0.120. The van der Waals surface area contributed by atoms with Gasteiger partial charge in [-0.1, -0.05) is 13.8 Å². The number of hydrogen-bond acceptors (Lipinski definition) is 5. The molecule has 148 valence electrons. The Kier molecular flexibility index (Phi) is 6.46. The number of rotatable bonds is 8. The molecular formula is C21H26N4O2S. The zero-order valence-corrected chi connectivity index (χ0v) is 17.5. The SMILES string of the molecule is CCOc1ccc(-c2csc(-n3nc(C)cc3NC(=O)C(CC)CC)n2)cc1. The molecule has 2 aromatic heterocycles. The van der Waals surface area contributed by atoms with Gasteiger partial charge >= 0.3 is 0 Å². The molecule has 0 atom stereocenters. The fourth-order valence-electron chi connectivity index (χ4n) is 3.00. The molecule has 0 fully saturated rings. The molecule has 1 N–H and O–H groups in total. The molecule has 0 saturated heterocycles. The quantitative estimate of drug-likeness (QED) is 0.575. The van der Waals surface area contributed by atoms with Crippen molar-refractivity contribution in [2.45, 2.75) is 40.5 Å². The van der Waals surface area contributed by atoms with Gasteiger partial charge in [-0.2, -0.15) is 9.78 Å². The Morgan fingerprint density at radius 3 is 2.57 bits per heavy atom. The standard InChI is InChI=1S/C21H26N4O2S/c1-5-15(6-2)20(26)23-19-12-14(4)24-25(19)21-22-18(13-28-21)16-8-10-17(11-9-16)27-7-3/h8-13,15H,5-7H2,1-4H3,(H,23,26). The first-order valence-corrected chi connectivity index (χ1v) is 10.5. The smallest absolute Gasteiger partial charge is 0.228 e. The van der Waals surface area contributed by atoms with Crippen molar-refractivity contribution in [2.24, 2.45) is 5.92 Å². The van der Waals surface area contributed by atoms with Crippen molar-refractivity contribution in [1.82, 2.24) is 14.8 Å². The van der Waals surface area contributed by atoms with Crippen molar-refractivity contribution in [3.05, 3.63) is 41.4 Å². The van der Waals surface area contributed by atoms with E-state index in [9.17, 15) is 4.79 Å². The number of ether oxygens (including phenoxy) is 1. The van der Waals surface area contributed by atoms with Crippen LogP contribution in [0.3, 0.4) is 0 Å². The summed E-state index contributed by atoms with van der Waals surface area (Å²) >= 11 is 1.49. The van der Waals surface area contributed by atoms with Crippen molar-refractivity contribution >= 4 is 23.1 Å². The van der Waals surface area contributed by atoms with E-state index in [2.05, 4.69) is 10.4 Å². The first-order chi connectivity index (χ1) is 13.5. The molecule has 1 aromatic carbocycles. The van der Waals surface area contributed by atoms with E-state index in [4.69, 9.17) is 9.72 Å². The average molecular weight is 399 g/mol. The molecule has 0 bridgehead atoms.